The van der Waals surface area contributed by atoms with E-state index in [9.17, 15) is 0 Å². The Labute approximate surface area is 272 Å². The average Bonchev–Trinajstić information content (AvgIpc) is 3.08. The number of hydrogen-bond acceptors (Lipinski definition) is 12. The van der Waals surface area contributed by atoms with Crippen molar-refractivity contribution in [1.82, 2.24) is 24.8 Å². The highest BCUT2D eigenvalue weighted by atomic mass is 35.5. The first-order valence-corrected chi connectivity index (χ1v) is 15.4. The van der Waals surface area contributed by atoms with Crippen LogP contribution in [0.2, 0.25) is 5.02 Å². The Bertz CT molecular complexity index is 1770. The van der Waals surface area contributed by atoms with E-state index in [4.69, 9.17) is 25.8 Å². The minimum absolute atomic E-state index is 0.378. The molecule has 0 amide bonds. The third-order valence-corrected chi connectivity index (χ3v) is 7.67. The zero-order chi connectivity index (χ0) is 31.7. The maximum Gasteiger partial charge on any atom is 0.233 e. The van der Waals surface area contributed by atoms with Crippen molar-refractivity contribution in [2.24, 2.45) is 0 Å². The van der Waals surface area contributed by atoms with E-state index in [-0.39, 0.29) is 0 Å². The summed E-state index contributed by atoms with van der Waals surface area (Å²) < 4.78 is 16.3. The molecule has 13 heteroatoms. The van der Waals surface area contributed by atoms with Crippen LogP contribution in [0.1, 0.15) is 6.42 Å². The van der Waals surface area contributed by atoms with Gasteiger partial charge in [-0.3, -0.25) is 9.88 Å². The van der Waals surface area contributed by atoms with Gasteiger partial charge in [-0.1, -0.05) is 11.6 Å². The lowest BCUT2D eigenvalue weighted by atomic mass is 10.2. The van der Waals surface area contributed by atoms with Gasteiger partial charge in [0.2, 0.25) is 17.8 Å². The number of benzene rings is 3. The van der Waals surface area contributed by atoms with Crippen molar-refractivity contribution in [3.63, 3.8) is 0 Å². The van der Waals surface area contributed by atoms with Gasteiger partial charge >= 0.3 is 0 Å². The molecule has 238 valence electrons. The largest absolute Gasteiger partial charge is 0.493 e. The summed E-state index contributed by atoms with van der Waals surface area (Å²) in [5.74, 6) is 2.46. The van der Waals surface area contributed by atoms with Crippen LogP contribution in [-0.2, 0) is 4.74 Å². The molecule has 0 radical (unpaired) electrons. The quantitative estimate of drug-likeness (QED) is 0.105. The fourth-order valence-corrected chi connectivity index (χ4v) is 5.26. The highest BCUT2D eigenvalue weighted by molar-refractivity contribution is 6.31. The van der Waals surface area contributed by atoms with Crippen molar-refractivity contribution >= 4 is 63.1 Å². The highest BCUT2D eigenvalue weighted by Crippen LogP contribution is 2.31. The molecule has 1 aliphatic heterocycles. The fraction of sp³-hybridized carbons (Fsp3) is 0.273. The molecule has 46 heavy (non-hydrogen) atoms. The number of hydrogen-bond donors (Lipinski definition) is 4. The van der Waals surface area contributed by atoms with Gasteiger partial charge in [0.1, 0.15) is 0 Å². The number of aromatic nitrogens is 4. The Morgan fingerprint density at radius 2 is 1.43 bits per heavy atom. The van der Waals surface area contributed by atoms with Gasteiger partial charge in [-0.05, 0) is 73.6 Å². The summed E-state index contributed by atoms with van der Waals surface area (Å²) in [7, 11) is 3.20. The van der Waals surface area contributed by atoms with Crippen LogP contribution in [0.15, 0.2) is 72.9 Å². The Kier molecular flexibility index (Phi) is 10.1. The Balaban J connectivity index is 1.17. The number of methoxy groups -OCH3 is 2. The summed E-state index contributed by atoms with van der Waals surface area (Å²) in [6.45, 7) is 5.19. The third-order valence-electron chi connectivity index (χ3n) is 7.44. The zero-order valence-electron chi connectivity index (χ0n) is 25.7. The lowest BCUT2D eigenvalue weighted by molar-refractivity contribution is 0.0378. The van der Waals surface area contributed by atoms with Gasteiger partial charge in [0.05, 0.1) is 33.0 Å². The Hall–Kier alpha value is -4.91. The number of pyridine rings is 1. The predicted molar refractivity (Wildman–Crippen MR) is 183 cm³/mol. The van der Waals surface area contributed by atoms with E-state index in [0.717, 1.165) is 72.9 Å². The van der Waals surface area contributed by atoms with Crippen molar-refractivity contribution in [1.29, 1.82) is 0 Å². The SMILES string of the molecule is COc1ccc(Nc2nc(NCCCN3CCOCC3)nc(Nc3ccc(Nc4ccnc5cc(Cl)ccc45)cc3)n2)cc1OC. The highest BCUT2D eigenvalue weighted by Gasteiger charge is 2.12. The van der Waals surface area contributed by atoms with Crippen LogP contribution in [0.3, 0.4) is 0 Å². The summed E-state index contributed by atoms with van der Waals surface area (Å²) in [4.78, 5) is 20.8. The molecule has 0 atom stereocenters. The van der Waals surface area contributed by atoms with Crippen LogP contribution in [0, 0.1) is 0 Å². The minimum Gasteiger partial charge on any atom is -0.493 e. The number of morpholine rings is 1. The molecule has 5 aromatic rings. The van der Waals surface area contributed by atoms with Crippen LogP contribution in [0.25, 0.3) is 10.9 Å². The van der Waals surface area contributed by atoms with Crippen molar-refractivity contribution in [3.8, 4) is 11.5 Å². The Morgan fingerprint density at radius 1 is 0.761 bits per heavy atom. The van der Waals surface area contributed by atoms with Crippen LogP contribution < -0.4 is 30.7 Å². The molecule has 3 heterocycles. The lowest BCUT2D eigenvalue weighted by Gasteiger charge is -2.26. The maximum absolute atomic E-state index is 6.15. The monoisotopic (exact) mass is 641 g/mol. The first kappa shape index (κ1) is 31.1. The minimum atomic E-state index is 0.378. The predicted octanol–water partition coefficient (Wildman–Crippen LogP) is 6.46. The van der Waals surface area contributed by atoms with E-state index in [1.165, 1.54) is 0 Å². The van der Waals surface area contributed by atoms with Gasteiger partial charge < -0.3 is 35.5 Å². The molecule has 1 aliphatic rings. The summed E-state index contributed by atoms with van der Waals surface area (Å²) in [5.41, 5.74) is 4.25. The van der Waals surface area contributed by atoms with Crippen LogP contribution in [0.5, 0.6) is 11.5 Å². The Morgan fingerprint density at radius 3 is 2.17 bits per heavy atom. The smallest absolute Gasteiger partial charge is 0.233 e. The van der Waals surface area contributed by atoms with E-state index in [0.29, 0.717) is 40.9 Å². The fourth-order valence-electron chi connectivity index (χ4n) is 5.09. The number of halogens is 1. The first-order chi connectivity index (χ1) is 22.6. The van der Waals surface area contributed by atoms with Crippen LogP contribution in [0.4, 0.5) is 40.6 Å². The third kappa shape index (κ3) is 8.02. The lowest BCUT2D eigenvalue weighted by Crippen LogP contribution is -2.37. The molecule has 2 aromatic heterocycles. The van der Waals surface area contributed by atoms with Gasteiger partial charge in [0.25, 0.3) is 0 Å². The van der Waals surface area contributed by atoms with Gasteiger partial charge in [-0.25, -0.2) is 0 Å². The molecule has 4 N–H and O–H groups in total. The van der Waals surface area contributed by atoms with Gasteiger partial charge in [0.15, 0.2) is 11.5 Å². The van der Waals surface area contributed by atoms with E-state index in [1.807, 2.05) is 66.7 Å². The van der Waals surface area contributed by atoms with Crippen molar-refractivity contribution in [2.75, 3.05) is 74.9 Å². The number of anilines is 7. The molecule has 1 saturated heterocycles. The second-order valence-corrected chi connectivity index (χ2v) is 11.0. The van der Waals surface area contributed by atoms with Gasteiger partial charge in [-0.2, -0.15) is 15.0 Å². The molecule has 0 spiro atoms. The van der Waals surface area contributed by atoms with Gasteiger partial charge in [0, 0.05) is 65.1 Å². The topological polar surface area (TPSA) is 131 Å². The van der Waals surface area contributed by atoms with E-state index >= 15 is 0 Å². The maximum atomic E-state index is 6.15. The van der Waals surface area contributed by atoms with Crippen molar-refractivity contribution in [2.45, 2.75) is 6.42 Å². The molecule has 12 nitrogen and oxygen atoms in total. The number of fused-ring (bicyclic) bond motifs is 1. The standard InChI is InChI=1S/C33H36ClN9O3/c1-44-29-11-9-25(21-30(29)45-2)39-33-41-31(36-13-3-15-43-16-18-46-19-17-43)40-32(42-33)38-24-7-5-23(6-8-24)37-27-12-14-35-28-20-22(34)4-10-26(27)28/h4-12,14,20-21H,3,13,15-19H2,1-2H3,(H,35,37)(H3,36,38,39,40,41,42). The van der Waals surface area contributed by atoms with Crippen LogP contribution >= 0.6 is 11.6 Å². The number of nitrogens with one attached hydrogen (secondary N) is 4. The first-order valence-electron chi connectivity index (χ1n) is 15.0. The molecule has 0 saturated carbocycles. The second kappa shape index (κ2) is 14.9. The van der Waals surface area contributed by atoms with Crippen molar-refractivity contribution in [3.05, 3.63) is 77.9 Å². The number of nitrogens with zero attached hydrogens (tertiary/aromatic N) is 5. The molecule has 0 aliphatic carbocycles. The molecular weight excluding hydrogens is 606 g/mol. The number of ether oxygens (including phenoxy) is 3. The van der Waals surface area contributed by atoms with Gasteiger partial charge in [-0.15, -0.1) is 0 Å². The molecule has 0 bridgehead atoms. The summed E-state index contributed by atoms with van der Waals surface area (Å²) in [5, 5.41) is 15.1. The van der Waals surface area contributed by atoms with E-state index in [1.54, 1.807) is 20.4 Å². The van der Waals surface area contributed by atoms with E-state index in [2.05, 4.69) is 46.1 Å². The summed E-state index contributed by atoms with van der Waals surface area (Å²) >= 11 is 6.15. The van der Waals surface area contributed by atoms with E-state index < -0.39 is 0 Å². The van der Waals surface area contributed by atoms with Crippen LogP contribution in [-0.4, -0.2) is 78.4 Å². The normalized spacial score (nSPS) is 13.3. The molecule has 6 rings (SSSR count). The summed E-state index contributed by atoms with van der Waals surface area (Å²) in [6, 6.07) is 21.0. The molecule has 3 aromatic carbocycles. The average molecular weight is 642 g/mol. The summed E-state index contributed by atoms with van der Waals surface area (Å²) in [6.07, 6.45) is 2.71. The molecule has 0 unspecified atom stereocenters. The molecular formula is C33H36ClN9O3. The second-order valence-electron chi connectivity index (χ2n) is 10.6. The zero-order valence-corrected chi connectivity index (χ0v) is 26.5. The number of rotatable bonds is 13. The van der Waals surface area contributed by atoms with Crippen molar-refractivity contribution < 1.29 is 14.2 Å². The molecule has 1 fully saturated rings.